The number of non-ortho nitro benzene ring substituents is 1. The molecule has 0 aliphatic carbocycles. The summed E-state index contributed by atoms with van der Waals surface area (Å²) in [5.41, 5.74) is 4.12. The molecule has 0 spiro atoms. The smallest absolute Gasteiger partial charge is 0.269 e. The number of ether oxygens (including phenoxy) is 1. The molecule has 4 rings (SSSR count). The van der Waals surface area contributed by atoms with Gasteiger partial charge in [0.05, 0.1) is 12.0 Å². The number of nitro benzene ring substituents is 1. The molecule has 1 atom stereocenters. The predicted octanol–water partition coefficient (Wildman–Crippen LogP) is 5.90. The summed E-state index contributed by atoms with van der Waals surface area (Å²) >= 11 is 0. The topological polar surface area (TPSA) is 86.4 Å². The lowest BCUT2D eigenvalue weighted by Gasteiger charge is -2.18. The largest absolute Gasteiger partial charge is 0.497 e. The number of benzene rings is 3. The Balaban J connectivity index is 1.74. The van der Waals surface area contributed by atoms with Crippen LogP contribution in [0.4, 0.5) is 5.69 Å². The second-order valence-electron chi connectivity index (χ2n) is 9.38. The van der Waals surface area contributed by atoms with Crippen molar-refractivity contribution < 1.29 is 14.5 Å². The minimum Gasteiger partial charge on any atom is -0.497 e. The van der Waals surface area contributed by atoms with Crippen molar-refractivity contribution in [3.05, 3.63) is 106 Å². The maximum atomic E-state index is 12.9. The monoisotopic (exact) mass is 485 g/mol. The average molecular weight is 486 g/mol. The van der Waals surface area contributed by atoms with Gasteiger partial charge in [0.1, 0.15) is 5.75 Å². The summed E-state index contributed by atoms with van der Waals surface area (Å²) in [6.07, 6.45) is 2.36. The molecule has 1 aromatic heterocycles. The van der Waals surface area contributed by atoms with E-state index in [0.717, 1.165) is 33.3 Å². The Morgan fingerprint density at radius 1 is 1.03 bits per heavy atom. The van der Waals surface area contributed by atoms with Gasteiger partial charge in [-0.05, 0) is 40.8 Å². The quantitative estimate of drug-likeness (QED) is 0.224. The van der Waals surface area contributed by atoms with Crippen LogP contribution in [0.1, 0.15) is 42.9 Å². The van der Waals surface area contributed by atoms with Crippen LogP contribution in [0.3, 0.4) is 0 Å². The summed E-state index contributed by atoms with van der Waals surface area (Å²) in [5, 5.41) is 15.3. The van der Waals surface area contributed by atoms with E-state index in [0.29, 0.717) is 19.0 Å². The van der Waals surface area contributed by atoms with Crippen LogP contribution in [0.25, 0.3) is 10.9 Å². The summed E-state index contributed by atoms with van der Waals surface area (Å²) < 4.78 is 7.47. The molecule has 0 bridgehead atoms. The SMILES string of the molecule is COc1ccc(Cn2cc([C@@H](CC(=O)NCC(C)C)c3ccc([N+](=O)[O-])cc3)c3ccccc32)cc1. The van der Waals surface area contributed by atoms with Crippen molar-refractivity contribution in [2.24, 2.45) is 5.92 Å². The number of para-hydroxylation sites is 1. The van der Waals surface area contributed by atoms with Gasteiger partial charge < -0.3 is 14.6 Å². The summed E-state index contributed by atoms with van der Waals surface area (Å²) in [6.45, 7) is 5.38. The van der Waals surface area contributed by atoms with Crippen molar-refractivity contribution in [2.75, 3.05) is 13.7 Å². The third kappa shape index (κ3) is 5.74. The summed E-state index contributed by atoms with van der Waals surface area (Å²) in [7, 11) is 1.65. The zero-order chi connectivity index (χ0) is 25.7. The minimum atomic E-state index is -0.408. The normalized spacial score (nSPS) is 12.0. The molecule has 4 aromatic rings. The number of fused-ring (bicyclic) bond motifs is 1. The molecule has 186 valence electrons. The van der Waals surface area contributed by atoms with E-state index in [1.807, 2.05) is 36.4 Å². The molecular weight excluding hydrogens is 454 g/mol. The molecule has 7 heteroatoms. The highest BCUT2D eigenvalue weighted by Gasteiger charge is 2.23. The van der Waals surface area contributed by atoms with E-state index < -0.39 is 4.92 Å². The third-order valence-corrected chi connectivity index (χ3v) is 6.31. The fourth-order valence-corrected chi connectivity index (χ4v) is 4.42. The van der Waals surface area contributed by atoms with Gasteiger partial charge >= 0.3 is 0 Å². The van der Waals surface area contributed by atoms with Crippen molar-refractivity contribution in [3.63, 3.8) is 0 Å². The Morgan fingerprint density at radius 2 is 1.72 bits per heavy atom. The Hall–Kier alpha value is -4.13. The number of amides is 1. The predicted molar refractivity (Wildman–Crippen MR) is 141 cm³/mol. The number of hydrogen-bond donors (Lipinski definition) is 1. The molecule has 0 radical (unpaired) electrons. The van der Waals surface area contributed by atoms with Crippen molar-refractivity contribution in [3.8, 4) is 5.75 Å². The van der Waals surface area contributed by atoms with Gasteiger partial charge in [-0.15, -0.1) is 0 Å². The van der Waals surface area contributed by atoms with E-state index in [9.17, 15) is 14.9 Å². The number of rotatable bonds is 10. The van der Waals surface area contributed by atoms with Crippen LogP contribution in [-0.2, 0) is 11.3 Å². The Labute approximate surface area is 210 Å². The molecule has 7 nitrogen and oxygen atoms in total. The highest BCUT2D eigenvalue weighted by molar-refractivity contribution is 5.86. The van der Waals surface area contributed by atoms with Crippen LogP contribution < -0.4 is 10.1 Å². The zero-order valence-electron chi connectivity index (χ0n) is 20.8. The molecule has 0 saturated heterocycles. The molecule has 0 fully saturated rings. The average Bonchev–Trinajstić information content (AvgIpc) is 3.24. The van der Waals surface area contributed by atoms with Gasteiger partial charge in [-0.2, -0.15) is 0 Å². The standard InChI is InChI=1S/C29H31N3O4/c1-20(2)17-30-29(33)16-26(22-10-12-23(13-11-22)32(34)35)27-19-31(28-7-5-4-6-25(27)28)18-21-8-14-24(36-3)15-9-21/h4-15,19-20,26H,16-18H2,1-3H3,(H,30,33)/t26-/m0/s1. The van der Waals surface area contributed by atoms with Gasteiger partial charge in [0.2, 0.25) is 5.91 Å². The van der Waals surface area contributed by atoms with E-state index >= 15 is 0 Å². The fraction of sp³-hybridized carbons (Fsp3) is 0.276. The first-order valence-corrected chi connectivity index (χ1v) is 12.1. The van der Waals surface area contributed by atoms with E-state index in [1.54, 1.807) is 19.2 Å². The van der Waals surface area contributed by atoms with Gasteiger partial charge in [0.25, 0.3) is 5.69 Å². The van der Waals surface area contributed by atoms with E-state index in [1.165, 1.54) is 12.1 Å². The first-order chi connectivity index (χ1) is 17.4. The molecule has 1 heterocycles. The van der Waals surface area contributed by atoms with Crippen LogP contribution in [0.5, 0.6) is 5.75 Å². The minimum absolute atomic E-state index is 0.0312. The summed E-state index contributed by atoms with van der Waals surface area (Å²) in [4.78, 5) is 23.7. The van der Waals surface area contributed by atoms with E-state index in [-0.39, 0.29) is 23.9 Å². The number of methoxy groups -OCH3 is 1. The second-order valence-corrected chi connectivity index (χ2v) is 9.38. The Kier molecular flexibility index (Phi) is 7.68. The van der Waals surface area contributed by atoms with Crippen molar-refractivity contribution in [1.82, 2.24) is 9.88 Å². The number of carbonyl (C=O) groups is 1. The van der Waals surface area contributed by atoms with Crippen molar-refractivity contribution in [2.45, 2.75) is 32.7 Å². The van der Waals surface area contributed by atoms with Crippen LogP contribution in [0.15, 0.2) is 79.0 Å². The van der Waals surface area contributed by atoms with E-state index in [4.69, 9.17) is 4.74 Å². The molecule has 0 saturated carbocycles. The Morgan fingerprint density at radius 3 is 2.36 bits per heavy atom. The second kappa shape index (κ2) is 11.1. The fourth-order valence-electron chi connectivity index (χ4n) is 4.42. The number of hydrogen-bond acceptors (Lipinski definition) is 4. The lowest BCUT2D eigenvalue weighted by molar-refractivity contribution is -0.384. The Bertz CT molecular complexity index is 1340. The number of nitrogens with zero attached hydrogens (tertiary/aromatic N) is 2. The molecule has 0 unspecified atom stereocenters. The van der Waals surface area contributed by atoms with E-state index in [2.05, 4.69) is 42.1 Å². The maximum Gasteiger partial charge on any atom is 0.269 e. The molecule has 36 heavy (non-hydrogen) atoms. The summed E-state index contributed by atoms with van der Waals surface area (Å²) in [6, 6.07) is 22.6. The number of aromatic nitrogens is 1. The van der Waals surface area contributed by atoms with Crippen LogP contribution >= 0.6 is 0 Å². The molecule has 1 N–H and O–H groups in total. The lowest BCUT2D eigenvalue weighted by atomic mass is 9.88. The number of nitro groups is 1. The van der Waals surface area contributed by atoms with Crippen LogP contribution in [0.2, 0.25) is 0 Å². The first kappa shape index (κ1) is 25.0. The van der Waals surface area contributed by atoms with Gasteiger partial charge in [-0.25, -0.2) is 0 Å². The highest BCUT2D eigenvalue weighted by Crippen LogP contribution is 2.36. The molecule has 0 aliphatic heterocycles. The van der Waals surface area contributed by atoms with Crippen LogP contribution in [0, 0.1) is 16.0 Å². The lowest BCUT2D eigenvalue weighted by Crippen LogP contribution is -2.28. The van der Waals surface area contributed by atoms with Gasteiger partial charge in [-0.3, -0.25) is 14.9 Å². The first-order valence-electron chi connectivity index (χ1n) is 12.1. The maximum absolute atomic E-state index is 12.9. The van der Waals surface area contributed by atoms with Crippen LogP contribution in [-0.4, -0.2) is 29.1 Å². The van der Waals surface area contributed by atoms with Gasteiger partial charge in [0.15, 0.2) is 0 Å². The number of carbonyl (C=O) groups excluding carboxylic acids is 1. The molecule has 3 aromatic carbocycles. The molecule has 1 amide bonds. The van der Waals surface area contributed by atoms with Crippen molar-refractivity contribution >= 4 is 22.5 Å². The van der Waals surface area contributed by atoms with Crippen molar-refractivity contribution in [1.29, 1.82) is 0 Å². The van der Waals surface area contributed by atoms with Gasteiger partial charge in [-0.1, -0.05) is 56.3 Å². The highest BCUT2D eigenvalue weighted by atomic mass is 16.6. The molecular formula is C29H31N3O4. The summed E-state index contributed by atoms with van der Waals surface area (Å²) in [5.74, 6) is 0.861. The zero-order valence-corrected chi connectivity index (χ0v) is 20.8. The van der Waals surface area contributed by atoms with Gasteiger partial charge in [0, 0.05) is 54.7 Å². The third-order valence-electron chi connectivity index (χ3n) is 6.31. The molecule has 0 aliphatic rings. The number of nitrogens with one attached hydrogen (secondary N) is 1.